The summed E-state index contributed by atoms with van der Waals surface area (Å²) >= 11 is 1.44. The number of rotatable bonds is 10. The number of hydrogen-bond acceptors (Lipinski definition) is 6. The quantitative estimate of drug-likeness (QED) is 0.378. The fourth-order valence-electron chi connectivity index (χ4n) is 4.94. The van der Waals surface area contributed by atoms with Crippen LogP contribution in [-0.2, 0) is 0 Å². The molecule has 5 nitrogen and oxygen atoms in total. The molecule has 0 saturated carbocycles. The topological polar surface area (TPSA) is 65.8 Å². The zero-order chi connectivity index (χ0) is 24.8. The van der Waals surface area contributed by atoms with Crippen molar-refractivity contribution < 1.29 is 23.7 Å². The molecule has 0 bridgehead atoms. The van der Waals surface area contributed by atoms with E-state index in [1.807, 2.05) is 24.3 Å². The van der Waals surface area contributed by atoms with E-state index < -0.39 is 17.7 Å². The van der Waals surface area contributed by atoms with Gasteiger partial charge in [0.2, 0.25) is 0 Å². The Balaban J connectivity index is 1.29. The fraction of sp³-hybridized carbons (Fsp3) is 0.444. The third-order valence-corrected chi connectivity index (χ3v) is 7.83. The highest BCUT2D eigenvalue weighted by atomic mass is 32.2. The van der Waals surface area contributed by atoms with Gasteiger partial charge in [-0.2, -0.15) is 0 Å². The summed E-state index contributed by atoms with van der Waals surface area (Å²) in [5.74, 6) is 0.806. The average molecular weight is 503 g/mol. The number of halogens is 2. The van der Waals surface area contributed by atoms with Gasteiger partial charge in [-0.3, -0.25) is 4.98 Å². The number of methoxy groups -OCH3 is 1. The lowest BCUT2D eigenvalue weighted by Gasteiger charge is -2.38. The number of aromatic nitrogens is 1. The van der Waals surface area contributed by atoms with E-state index in [1.165, 1.54) is 23.9 Å². The summed E-state index contributed by atoms with van der Waals surface area (Å²) in [6.07, 6.45) is 3.48. The van der Waals surface area contributed by atoms with Crippen molar-refractivity contribution in [1.29, 1.82) is 0 Å². The molecule has 2 N–H and O–H groups in total. The van der Waals surface area contributed by atoms with Gasteiger partial charge in [0.05, 0.1) is 18.7 Å². The summed E-state index contributed by atoms with van der Waals surface area (Å²) in [5, 5.41) is 21.9. The molecule has 1 aliphatic heterocycles. The van der Waals surface area contributed by atoms with Crippen LogP contribution in [0, 0.1) is 23.5 Å². The second-order valence-electron chi connectivity index (χ2n) is 9.12. The Kier molecular flexibility index (Phi) is 8.94. The second-order valence-corrected chi connectivity index (χ2v) is 10.3. The summed E-state index contributed by atoms with van der Waals surface area (Å²) in [6, 6.07) is 11.1. The average Bonchev–Trinajstić information content (AvgIpc) is 2.86. The number of benzene rings is 2. The highest BCUT2D eigenvalue weighted by Crippen LogP contribution is 2.33. The smallest absolute Gasteiger partial charge is 0.127 e. The van der Waals surface area contributed by atoms with Gasteiger partial charge < -0.3 is 19.8 Å². The molecule has 1 aliphatic rings. The first kappa shape index (κ1) is 25.8. The van der Waals surface area contributed by atoms with E-state index in [2.05, 4.69) is 9.88 Å². The summed E-state index contributed by atoms with van der Waals surface area (Å²) < 4.78 is 32.1. The third kappa shape index (κ3) is 6.70. The van der Waals surface area contributed by atoms with E-state index in [0.29, 0.717) is 17.2 Å². The summed E-state index contributed by atoms with van der Waals surface area (Å²) in [4.78, 5) is 7.29. The van der Waals surface area contributed by atoms with E-state index in [0.717, 1.165) is 66.5 Å². The molecule has 188 valence electrons. The lowest BCUT2D eigenvalue weighted by Crippen LogP contribution is -2.43. The molecule has 4 rings (SSSR count). The van der Waals surface area contributed by atoms with E-state index in [1.54, 1.807) is 13.3 Å². The Labute approximate surface area is 209 Å². The normalized spacial score (nSPS) is 19.7. The van der Waals surface area contributed by atoms with E-state index in [4.69, 9.17) is 4.74 Å². The SMILES string of the molecule is COc1ccc2nccc([C@@H](O)CC[C@@H]3CCN(CCSc4cc(F)cc(F)c4)C[C@@H]3CO)c2c1. The third-order valence-electron chi connectivity index (χ3n) is 6.87. The van der Waals surface area contributed by atoms with Gasteiger partial charge in [-0.15, -0.1) is 11.8 Å². The first-order valence-corrected chi connectivity index (χ1v) is 13.0. The van der Waals surface area contributed by atoms with Crippen LogP contribution < -0.4 is 4.74 Å². The highest BCUT2D eigenvalue weighted by Gasteiger charge is 2.29. The largest absolute Gasteiger partial charge is 0.497 e. The molecule has 1 aromatic heterocycles. The van der Waals surface area contributed by atoms with Crippen molar-refractivity contribution in [2.24, 2.45) is 11.8 Å². The lowest BCUT2D eigenvalue weighted by molar-refractivity contribution is 0.0608. The van der Waals surface area contributed by atoms with E-state index in [9.17, 15) is 19.0 Å². The number of aliphatic hydroxyl groups is 2. The number of pyridine rings is 1. The number of likely N-dealkylation sites (tertiary alicyclic amines) is 1. The van der Waals surface area contributed by atoms with Crippen LogP contribution in [0.15, 0.2) is 53.6 Å². The first-order valence-electron chi connectivity index (χ1n) is 12.0. The standard InChI is InChI=1S/C27H32F2N2O3S/c1-34-22-3-4-26-25(15-22)24(6-8-30-26)27(33)5-2-18-7-9-31(16-19(18)17-32)10-11-35-23-13-20(28)12-21(29)14-23/h3-4,6,8,12-15,18-19,27,32-33H,2,5,7,9-11,16-17H2,1H3/t18-,19-,27+/m1/s1. The Morgan fingerprint density at radius 2 is 1.94 bits per heavy atom. The van der Waals surface area contributed by atoms with Crippen LogP contribution in [0.1, 0.15) is 30.9 Å². The van der Waals surface area contributed by atoms with Crippen molar-refractivity contribution in [2.45, 2.75) is 30.3 Å². The molecule has 1 fully saturated rings. The minimum atomic E-state index is -0.618. The number of aliphatic hydroxyl groups excluding tert-OH is 2. The monoisotopic (exact) mass is 502 g/mol. The molecule has 0 unspecified atom stereocenters. The molecule has 2 heterocycles. The van der Waals surface area contributed by atoms with Crippen molar-refractivity contribution in [3.63, 3.8) is 0 Å². The van der Waals surface area contributed by atoms with Gasteiger partial charge in [0.25, 0.3) is 0 Å². The summed E-state index contributed by atoms with van der Waals surface area (Å²) in [5.41, 5.74) is 1.67. The number of hydrogen-bond donors (Lipinski definition) is 2. The van der Waals surface area contributed by atoms with Crippen LogP contribution in [0.5, 0.6) is 5.75 Å². The minimum absolute atomic E-state index is 0.106. The van der Waals surface area contributed by atoms with Crippen LogP contribution in [-0.4, -0.2) is 59.2 Å². The molecule has 2 aromatic carbocycles. The Morgan fingerprint density at radius 1 is 1.14 bits per heavy atom. The number of fused-ring (bicyclic) bond motifs is 1. The Morgan fingerprint density at radius 3 is 2.69 bits per heavy atom. The van der Waals surface area contributed by atoms with Crippen LogP contribution in [0.4, 0.5) is 8.78 Å². The molecule has 0 amide bonds. The first-order chi connectivity index (χ1) is 17.0. The van der Waals surface area contributed by atoms with E-state index in [-0.39, 0.29) is 12.5 Å². The minimum Gasteiger partial charge on any atom is -0.497 e. The Hall–Kier alpha value is -2.26. The molecule has 3 atom stereocenters. The zero-order valence-electron chi connectivity index (χ0n) is 19.9. The van der Waals surface area contributed by atoms with Gasteiger partial charge in [0.15, 0.2) is 0 Å². The predicted octanol–water partition coefficient (Wildman–Crippen LogP) is 5.06. The van der Waals surface area contributed by atoms with Crippen molar-refractivity contribution in [2.75, 3.05) is 39.1 Å². The van der Waals surface area contributed by atoms with Crippen LogP contribution in [0.3, 0.4) is 0 Å². The fourth-order valence-corrected chi connectivity index (χ4v) is 5.92. The number of ether oxygens (including phenoxy) is 1. The van der Waals surface area contributed by atoms with Crippen LogP contribution >= 0.6 is 11.8 Å². The molecule has 1 saturated heterocycles. The van der Waals surface area contributed by atoms with Gasteiger partial charge in [-0.25, -0.2) is 8.78 Å². The second kappa shape index (κ2) is 12.1. The molecular formula is C27H32F2N2O3S. The molecular weight excluding hydrogens is 470 g/mol. The molecule has 35 heavy (non-hydrogen) atoms. The van der Waals surface area contributed by atoms with Crippen molar-refractivity contribution in [3.05, 3.63) is 65.9 Å². The van der Waals surface area contributed by atoms with Crippen molar-refractivity contribution in [1.82, 2.24) is 9.88 Å². The van der Waals surface area contributed by atoms with Gasteiger partial charge in [-0.1, -0.05) is 0 Å². The molecule has 0 aliphatic carbocycles. The van der Waals surface area contributed by atoms with E-state index >= 15 is 0 Å². The summed E-state index contributed by atoms with van der Waals surface area (Å²) in [7, 11) is 1.62. The zero-order valence-corrected chi connectivity index (χ0v) is 20.7. The van der Waals surface area contributed by atoms with Crippen LogP contribution in [0.2, 0.25) is 0 Å². The summed E-state index contributed by atoms with van der Waals surface area (Å²) in [6.45, 7) is 2.59. The number of thioether (sulfide) groups is 1. The molecule has 3 aromatic rings. The van der Waals surface area contributed by atoms with Gasteiger partial charge >= 0.3 is 0 Å². The molecule has 0 spiro atoms. The van der Waals surface area contributed by atoms with Gasteiger partial charge in [-0.05, 0) is 79.6 Å². The number of piperidine rings is 1. The molecule has 0 radical (unpaired) electrons. The lowest BCUT2D eigenvalue weighted by atomic mass is 9.81. The van der Waals surface area contributed by atoms with Crippen LogP contribution in [0.25, 0.3) is 10.9 Å². The van der Waals surface area contributed by atoms with Crippen molar-refractivity contribution in [3.8, 4) is 5.75 Å². The number of nitrogens with zero attached hydrogens (tertiary/aromatic N) is 2. The maximum atomic E-state index is 13.4. The van der Waals surface area contributed by atoms with Crippen molar-refractivity contribution >= 4 is 22.7 Å². The van der Waals surface area contributed by atoms with Gasteiger partial charge in [0, 0.05) is 48.0 Å². The maximum absolute atomic E-state index is 13.4. The predicted molar refractivity (Wildman–Crippen MR) is 135 cm³/mol. The highest BCUT2D eigenvalue weighted by molar-refractivity contribution is 7.99. The Bertz CT molecular complexity index is 1110. The maximum Gasteiger partial charge on any atom is 0.127 e. The molecule has 8 heteroatoms. The van der Waals surface area contributed by atoms with Gasteiger partial charge in [0.1, 0.15) is 17.4 Å².